The molecule has 1 saturated heterocycles. The Morgan fingerprint density at radius 1 is 1.09 bits per heavy atom. The predicted molar refractivity (Wildman–Crippen MR) is 83.7 cm³/mol. The molecule has 0 bridgehead atoms. The van der Waals surface area contributed by atoms with Crippen molar-refractivity contribution >= 4 is 11.8 Å². The molecule has 0 aromatic heterocycles. The van der Waals surface area contributed by atoms with Crippen LogP contribution in [0.1, 0.15) is 54.8 Å². The van der Waals surface area contributed by atoms with Gasteiger partial charge in [0.05, 0.1) is 23.8 Å². The van der Waals surface area contributed by atoms with E-state index in [0.717, 1.165) is 13.0 Å². The second-order valence-electron chi connectivity index (χ2n) is 7.89. The molecule has 22 heavy (non-hydrogen) atoms. The van der Waals surface area contributed by atoms with Crippen LogP contribution in [-0.4, -0.2) is 36.0 Å². The monoisotopic (exact) mass is 301 g/mol. The van der Waals surface area contributed by atoms with Crippen molar-refractivity contribution in [3.63, 3.8) is 0 Å². The first kappa shape index (κ1) is 15.2. The highest BCUT2D eigenvalue weighted by molar-refractivity contribution is 6.21. The maximum absolute atomic E-state index is 12.5. The molecule has 1 unspecified atom stereocenters. The molecule has 2 aliphatic heterocycles. The number of amides is 2. The fourth-order valence-electron chi connectivity index (χ4n) is 3.71. The Hall–Kier alpha value is -1.68. The molecular weight excluding hydrogens is 278 g/mol. The molecule has 2 amide bonds. The van der Waals surface area contributed by atoms with Gasteiger partial charge in [-0.15, -0.1) is 0 Å². The van der Waals surface area contributed by atoms with E-state index in [2.05, 4.69) is 27.7 Å². The summed E-state index contributed by atoms with van der Waals surface area (Å²) >= 11 is 0. The van der Waals surface area contributed by atoms with E-state index >= 15 is 0 Å². The van der Waals surface area contributed by atoms with E-state index in [0.29, 0.717) is 23.8 Å². The van der Waals surface area contributed by atoms with Gasteiger partial charge in [0.15, 0.2) is 0 Å². The van der Waals surface area contributed by atoms with Crippen LogP contribution in [-0.2, 0) is 4.74 Å². The highest BCUT2D eigenvalue weighted by Crippen LogP contribution is 2.42. The van der Waals surface area contributed by atoms with Gasteiger partial charge < -0.3 is 4.74 Å². The van der Waals surface area contributed by atoms with Gasteiger partial charge in [-0.1, -0.05) is 39.8 Å². The van der Waals surface area contributed by atoms with Gasteiger partial charge in [-0.25, -0.2) is 0 Å². The first-order chi connectivity index (χ1) is 10.2. The second-order valence-corrected chi connectivity index (χ2v) is 7.89. The van der Waals surface area contributed by atoms with E-state index < -0.39 is 0 Å². The molecule has 4 nitrogen and oxygen atoms in total. The largest absolute Gasteiger partial charge is 0.373 e. The van der Waals surface area contributed by atoms with E-state index in [1.165, 1.54) is 4.90 Å². The van der Waals surface area contributed by atoms with E-state index in [1.54, 1.807) is 24.3 Å². The summed E-state index contributed by atoms with van der Waals surface area (Å²) in [5.41, 5.74) is 0.950. The molecule has 0 spiro atoms. The van der Waals surface area contributed by atoms with Gasteiger partial charge in [-0.3, -0.25) is 14.5 Å². The Morgan fingerprint density at radius 3 is 2.05 bits per heavy atom. The number of carbonyl (C=O) groups is 2. The van der Waals surface area contributed by atoms with Gasteiger partial charge in [-0.2, -0.15) is 0 Å². The summed E-state index contributed by atoms with van der Waals surface area (Å²) in [6.45, 7) is 9.86. The summed E-state index contributed by atoms with van der Waals surface area (Å²) in [5.74, 6) is -0.344. The Morgan fingerprint density at radius 2 is 1.59 bits per heavy atom. The van der Waals surface area contributed by atoms with Crippen molar-refractivity contribution in [3.8, 4) is 0 Å². The predicted octanol–water partition coefficient (Wildman–Crippen LogP) is 3.12. The Balaban J connectivity index is 1.76. The van der Waals surface area contributed by atoms with Crippen LogP contribution in [0.15, 0.2) is 24.3 Å². The number of rotatable bonds is 5. The number of fused-ring (bicyclic) bond motifs is 1. The Kier molecular flexibility index (Phi) is 3.40. The quantitative estimate of drug-likeness (QED) is 0.620. The highest BCUT2D eigenvalue weighted by atomic mass is 16.6. The molecule has 1 fully saturated rings. The highest BCUT2D eigenvalue weighted by Gasteiger charge is 2.45. The van der Waals surface area contributed by atoms with Gasteiger partial charge in [0.25, 0.3) is 11.8 Å². The van der Waals surface area contributed by atoms with Gasteiger partial charge in [0.1, 0.15) is 0 Å². The maximum Gasteiger partial charge on any atom is 0.261 e. The lowest BCUT2D eigenvalue weighted by atomic mass is 9.73. The number of hydrogen-bond donors (Lipinski definition) is 0. The van der Waals surface area contributed by atoms with E-state index in [9.17, 15) is 9.59 Å². The first-order valence-electron chi connectivity index (χ1n) is 7.78. The summed E-state index contributed by atoms with van der Waals surface area (Å²) in [7, 11) is 0. The van der Waals surface area contributed by atoms with E-state index in [-0.39, 0.29) is 22.6 Å². The Bertz CT molecular complexity index is 594. The maximum atomic E-state index is 12.5. The molecule has 1 atom stereocenters. The van der Waals surface area contributed by atoms with Gasteiger partial charge in [0, 0.05) is 6.54 Å². The zero-order valence-electron chi connectivity index (χ0n) is 13.7. The third-order valence-corrected chi connectivity index (χ3v) is 4.60. The summed E-state index contributed by atoms with van der Waals surface area (Å²) in [6.07, 6.45) is 1.20. The summed E-state index contributed by atoms with van der Waals surface area (Å²) in [4.78, 5) is 26.4. The number of carbonyl (C=O) groups excluding carboxylic acids is 2. The van der Waals surface area contributed by atoms with E-state index in [1.807, 2.05) is 0 Å². The average Bonchev–Trinajstić information content (AvgIpc) is 3.24. The van der Waals surface area contributed by atoms with Crippen LogP contribution in [0.4, 0.5) is 0 Å². The van der Waals surface area contributed by atoms with E-state index in [4.69, 9.17) is 4.74 Å². The SMILES string of the molecule is CC(C)(CN1C(=O)c2ccccc2C1=O)CC(C)(C)C1CO1. The molecule has 1 aromatic rings. The van der Waals surface area contributed by atoms with Gasteiger partial charge in [-0.05, 0) is 29.4 Å². The Labute approximate surface area is 131 Å². The lowest BCUT2D eigenvalue weighted by Gasteiger charge is -2.36. The van der Waals surface area contributed by atoms with Crippen molar-refractivity contribution in [3.05, 3.63) is 35.4 Å². The summed E-state index contributed by atoms with van der Waals surface area (Å²) in [5, 5.41) is 0. The number of hydrogen-bond acceptors (Lipinski definition) is 3. The molecule has 2 heterocycles. The van der Waals surface area contributed by atoms with Crippen LogP contribution in [0, 0.1) is 10.8 Å². The lowest BCUT2D eigenvalue weighted by molar-refractivity contribution is 0.0531. The number of benzene rings is 1. The second kappa shape index (κ2) is 4.92. The average molecular weight is 301 g/mol. The number of epoxide rings is 1. The van der Waals surface area contributed by atoms with Crippen LogP contribution in [0.25, 0.3) is 0 Å². The van der Waals surface area contributed by atoms with Crippen LogP contribution in [0.2, 0.25) is 0 Å². The molecule has 0 N–H and O–H groups in total. The third kappa shape index (κ3) is 2.68. The smallest absolute Gasteiger partial charge is 0.261 e. The van der Waals surface area contributed by atoms with Crippen LogP contribution >= 0.6 is 0 Å². The van der Waals surface area contributed by atoms with Crippen molar-refractivity contribution in [2.75, 3.05) is 13.2 Å². The topological polar surface area (TPSA) is 49.9 Å². The van der Waals surface area contributed by atoms with Gasteiger partial charge in [0.2, 0.25) is 0 Å². The van der Waals surface area contributed by atoms with Crippen molar-refractivity contribution in [2.45, 2.75) is 40.2 Å². The minimum Gasteiger partial charge on any atom is -0.373 e. The van der Waals surface area contributed by atoms with Crippen LogP contribution < -0.4 is 0 Å². The lowest BCUT2D eigenvalue weighted by Crippen LogP contribution is -2.41. The van der Waals surface area contributed by atoms with Crippen molar-refractivity contribution in [1.82, 2.24) is 4.90 Å². The van der Waals surface area contributed by atoms with Crippen molar-refractivity contribution in [2.24, 2.45) is 10.8 Å². The molecule has 4 heteroatoms. The summed E-state index contributed by atoms with van der Waals surface area (Å²) in [6, 6.07) is 7.05. The zero-order valence-corrected chi connectivity index (χ0v) is 13.7. The molecule has 118 valence electrons. The molecule has 3 rings (SSSR count). The number of imide groups is 1. The fourth-order valence-corrected chi connectivity index (χ4v) is 3.71. The van der Waals surface area contributed by atoms with Crippen LogP contribution in [0.5, 0.6) is 0 Å². The van der Waals surface area contributed by atoms with Crippen molar-refractivity contribution in [1.29, 1.82) is 0 Å². The molecule has 0 aliphatic carbocycles. The zero-order chi connectivity index (χ0) is 16.1. The molecular formula is C18H23NO3. The fraction of sp³-hybridized carbons (Fsp3) is 0.556. The normalized spacial score (nSPS) is 21.3. The van der Waals surface area contributed by atoms with Crippen LogP contribution in [0.3, 0.4) is 0 Å². The minimum absolute atomic E-state index is 0.0577. The third-order valence-electron chi connectivity index (χ3n) is 4.60. The van der Waals surface area contributed by atoms with Gasteiger partial charge >= 0.3 is 0 Å². The minimum atomic E-state index is -0.172. The molecule has 0 radical (unpaired) electrons. The standard InChI is InChI=1S/C18H23NO3/c1-17(2,10-18(3,4)14-9-22-14)11-19-15(20)12-7-5-6-8-13(12)16(19)21/h5-8,14H,9-11H2,1-4H3. The first-order valence-corrected chi connectivity index (χ1v) is 7.78. The van der Waals surface area contributed by atoms with Crippen molar-refractivity contribution < 1.29 is 14.3 Å². The number of nitrogens with zero attached hydrogens (tertiary/aromatic N) is 1. The molecule has 1 aromatic carbocycles. The number of ether oxygens (including phenoxy) is 1. The molecule has 0 saturated carbocycles. The molecule has 2 aliphatic rings. The summed E-state index contributed by atoms with van der Waals surface area (Å²) < 4.78 is 5.43.